The van der Waals surface area contributed by atoms with Crippen molar-refractivity contribution >= 4 is 0 Å². The molecule has 0 atom stereocenters. The molecule has 0 spiro atoms. The molecule has 4 rings (SSSR count). The van der Waals surface area contributed by atoms with E-state index in [0.717, 1.165) is 5.69 Å². The minimum Gasteiger partial charge on any atom is -0.256 e. The Morgan fingerprint density at radius 2 is 1.08 bits per heavy atom. The first-order valence-corrected chi connectivity index (χ1v) is 8.54. The van der Waals surface area contributed by atoms with Crippen molar-refractivity contribution in [1.82, 2.24) is 4.98 Å². The summed E-state index contributed by atoms with van der Waals surface area (Å²) in [5, 5.41) is 0. The standard InChI is InChI=1S/C24H19N/c1-3-11-19(12-4-1)24(20-13-5-2-6-14-20)22-16-8-7-15-21(22)23-17-9-10-18-25-23/h1-18,24H. The number of nitrogens with zero attached hydrogens (tertiary/aromatic N) is 1. The molecule has 0 unspecified atom stereocenters. The van der Waals surface area contributed by atoms with E-state index < -0.39 is 0 Å². The van der Waals surface area contributed by atoms with Gasteiger partial charge in [-0.3, -0.25) is 4.98 Å². The molecule has 0 radical (unpaired) electrons. The van der Waals surface area contributed by atoms with Crippen LogP contribution in [0.4, 0.5) is 0 Å². The van der Waals surface area contributed by atoms with Gasteiger partial charge in [0.05, 0.1) is 5.69 Å². The zero-order valence-corrected chi connectivity index (χ0v) is 13.9. The fourth-order valence-electron chi connectivity index (χ4n) is 3.35. The monoisotopic (exact) mass is 321 g/mol. The number of pyridine rings is 1. The van der Waals surface area contributed by atoms with Crippen molar-refractivity contribution in [2.24, 2.45) is 0 Å². The van der Waals surface area contributed by atoms with Gasteiger partial charge in [0.2, 0.25) is 0 Å². The average molecular weight is 321 g/mol. The second-order valence-electron chi connectivity index (χ2n) is 6.06. The van der Waals surface area contributed by atoms with Crippen LogP contribution in [0, 0.1) is 0 Å². The first-order valence-electron chi connectivity index (χ1n) is 8.54. The average Bonchev–Trinajstić information content (AvgIpc) is 2.71. The summed E-state index contributed by atoms with van der Waals surface area (Å²) in [7, 11) is 0. The Hall–Kier alpha value is -3.19. The third-order valence-corrected chi connectivity index (χ3v) is 4.48. The van der Waals surface area contributed by atoms with Gasteiger partial charge in [0.25, 0.3) is 0 Å². The van der Waals surface area contributed by atoms with Gasteiger partial charge in [0.1, 0.15) is 0 Å². The summed E-state index contributed by atoms with van der Waals surface area (Å²) in [4.78, 5) is 4.58. The van der Waals surface area contributed by atoms with Gasteiger partial charge in [-0.25, -0.2) is 0 Å². The molecule has 0 bridgehead atoms. The molecule has 4 aromatic rings. The van der Waals surface area contributed by atoms with Crippen molar-refractivity contribution in [1.29, 1.82) is 0 Å². The highest BCUT2D eigenvalue weighted by Gasteiger charge is 2.20. The van der Waals surface area contributed by atoms with Crippen molar-refractivity contribution in [3.63, 3.8) is 0 Å². The van der Waals surface area contributed by atoms with Gasteiger partial charge in [-0.15, -0.1) is 0 Å². The van der Waals surface area contributed by atoms with E-state index in [9.17, 15) is 0 Å². The van der Waals surface area contributed by atoms with E-state index in [2.05, 4.69) is 96.0 Å². The normalized spacial score (nSPS) is 10.8. The number of rotatable bonds is 4. The number of benzene rings is 3. The summed E-state index contributed by atoms with van der Waals surface area (Å²) in [5.74, 6) is 0.181. The minimum atomic E-state index is 0.181. The van der Waals surface area contributed by atoms with Gasteiger partial charge >= 0.3 is 0 Å². The molecule has 1 aromatic heterocycles. The maximum Gasteiger partial charge on any atom is 0.0705 e. The zero-order valence-electron chi connectivity index (χ0n) is 13.9. The number of aromatic nitrogens is 1. The van der Waals surface area contributed by atoms with E-state index in [4.69, 9.17) is 0 Å². The first-order chi connectivity index (χ1) is 12.4. The second-order valence-corrected chi connectivity index (χ2v) is 6.06. The topological polar surface area (TPSA) is 12.9 Å². The van der Waals surface area contributed by atoms with Crippen molar-refractivity contribution in [2.75, 3.05) is 0 Å². The van der Waals surface area contributed by atoms with Crippen molar-refractivity contribution in [3.8, 4) is 11.3 Å². The third-order valence-electron chi connectivity index (χ3n) is 4.48. The molecule has 0 fully saturated rings. The highest BCUT2D eigenvalue weighted by molar-refractivity contribution is 5.67. The summed E-state index contributed by atoms with van der Waals surface area (Å²) < 4.78 is 0. The van der Waals surface area contributed by atoms with E-state index in [1.165, 1.54) is 22.3 Å². The molecule has 3 aromatic carbocycles. The Kier molecular flexibility index (Phi) is 4.38. The molecule has 1 nitrogen and oxygen atoms in total. The van der Waals surface area contributed by atoms with Crippen LogP contribution in [0.2, 0.25) is 0 Å². The fourth-order valence-corrected chi connectivity index (χ4v) is 3.35. The predicted octanol–water partition coefficient (Wildman–Crippen LogP) is 5.93. The maximum atomic E-state index is 4.58. The zero-order chi connectivity index (χ0) is 16.9. The van der Waals surface area contributed by atoms with Crippen LogP contribution in [-0.2, 0) is 0 Å². The molecule has 1 heteroatoms. The Labute approximate surface area is 148 Å². The van der Waals surface area contributed by atoms with E-state index in [0.29, 0.717) is 0 Å². The highest BCUT2D eigenvalue weighted by atomic mass is 14.7. The molecule has 0 saturated carbocycles. The maximum absolute atomic E-state index is 4.58. The Bertz CT molecular complexity index is 892. The fraction of sp³-hybridized carbons (Fsp3) is 0.0417. The summed E-state index contributed by atoms with van der Waals surface area (Å²) in [6.45, 7) is 0. The van der Waals surface area contributed by atoms with Gasteiger partial charge in [-0.1, -0.05) is 91.0 Å². The third kappa shape index (κ3) is 3.22. The molecule has 25 heavy (non-hydrogen) atoms. The van der Waals surface area contributed by atoms with Crippen LogP contribution in [0.1, 0.15) is 22.6 Å². The molecule has 0 amide bonds. The van der Waals surface area contributed by atoms with Crippen LogP contribution >= 0.6 is 0 Å². The largest absolute Gasteiger partial charge is 0.256 e. The van der Waals surface area contributed by atoms with Crippen LogP contribution in [-0.4, -0.2) is 4.98 Å². The molecule has 0 saturated heterocycles. The lowest BCUT2D eigenvalue weighted by molar-refractivity contribution is 0.978. The molecular weight excluding hydrogens is 302 g/mol. The summed E-state index contributed by atoms with van der Waals surface area (Å²) >= 11 is 0. The lowest BCUT2D eigenvalue weighted by Crippen LogP contribution is -2.05. The van der Waals surface area contributed by atoms with Crippen molar-refractivity contribution in [2.45, 2.75) is 5.92 Å². The van der Waals surface area contributed by atoms with Crippen LogP contribution in [0.15, 0.2) is 109 Å². The van der Waals surface area contributed by atoms with Crippen LogP contribution in [0.25, 0.3) is 11.3 Å². The predicted molar refractivity (Wildman–Crippen MR) is 104 cm³/mol. The molecular formula is C24H19N. The molecule has 0 aliphatic heterocycles. The smallest absolute Gasteiger partial charge is 0.0705 e. The van der Waals surface area contributed by atoms with Gasteiger partial charge in [0.15, 0.2) is 0 Å². The summed E-state index contributed by atoms with van der Waals surface area (Å²) in [5.41, 5.74) is 6.04. The van der Waals surface area contributed by atoms with E-state index in [-0.39, 0.29) is 5.92 Å². The van der Waals surface area contributed by atoms with Gasteiger partial charge < -0.3 is 0 Å². The lowest BCUT2D eigenvalue weighted by Gasteiger charge is -2.21. The van der Waals surface area contributed by atoms with Gasteiger partial charge in [0, 0.05) is 17.7 Å². The van der Waals surface area contributed by atoms with Crippen molar-refractivity contribution < 1.29 is 0 Å². The molecule has 120 valence electrons. The number of hydrogen-bond acceptors (Lipinski definition) is 1. The quantitative estimate of drug-likeness (QED) is 0.425. The Morgan fingerprint density at radius 3 is 1.68 bits per heavy atom. The highest BCUT2D eigenvalue weighted by Crippen LogP contribution is 2.37. The summed E-state index contributed by atoms with van der Waals surface area (Å²) in [6.07, 6.45) is 1.85. The van der Waals surface area contributed by atoms with Crippen molar-refractivity contribution in [3.05, 3.63) is 126 Å². The van der Waals surface area contributed by atoms with E-state index in [1.807, 2.05) is 18.3 Å². The van der Waals surface area contributed by atoms with Gasteiger partial charge in [-0.2, -0.15) is 0 Å². The van der Waals surface area contributed by atoms with Crippen LogP contribution in [0.5, 0.6) is 0 Å². The molecule has 1 heterocycles. The van der Waals surface area contributed by atoms with Crippen LogP contribution < -0.4 is 0 Å². The first kappa shape index (κ1) is 15.3. The molecule has 0 N–H and O–H groups in total. The SMILES string of the molecule is c1ccc(C(c2ccccc2)c2ccccc2-c2ccccn2)cc1. The molecule has 0 aliphatic carbocycles. The number of hydrogen-bond donors (Lipinski definition) is 0. The Morgan fingerprint density at radius 1 is 0.520 bits per heavy atom. The van der Waals surface area contributed by atoms with E-state index >= 15 is 0 Å². The molecule has 0 aliphatic rings. The second kappa shape index (κ2) is 7.14. The Balaban J connectivity index is 1.93. The lowest BCUT2D eigenvalue weighted by atomic mass is 9.82. The van der Waals surface area contributed by atoms with E-state index in [1.54, 1.807) is 0 Å². The van der Waals surface area contributed by atoms with Crippen LogP contribution in [0.3, 0.4) is 0 Å². The van der Waals surface area contributed by atoms with Gasteiger partial charge in [-0.05, 0) is 28.8 Å². The minimum absolute atomic E-state index is 0.181. The summed E-state index contributed by atoms with van der Waals surface area (Å²) in [6, 6.07) is 36.0.